The summed E-state index contributed by atoms with van der Waals surface area (Å²) in [6, 6.07) is 5.12. The third-order valence-corrected chi connectivity index (χ3v) is 2.42. The predicted molar refractivity (Wildman–Crippen MR) is 65.4 cm³/mol. The molecule has 110 valence electrons. The van der Waals surface area contributed by atoms with E-state index in [9.17, 15) is 28.1 Å². The number of hydrogen-bond acceptors (Lipinski definition) is 4. The van der Waals surface area contributed by atoms with Crippen LogP contribution in [-0.2, 0) is 4.79 Å². The van der Waals surface area contributed by atoms with Crippen LogP contribution in [0.15, 0.2) is 24.3 Å². The fourth-order valence-electron chi connectivity index (χ4n) is 1.37. The lowest BCUT2D eigenvalue weighted by Crippen LogP contribution is -2.39. The van der Waals surface area contributed by atoms with Crippen molar-refractivity contribution in [3.63, 3.8) is 0 Å². The minimum absolute atomic E-state index is 0.134. The van der Waals surface area contributed by atoms with Gasteiger partial charge in [0.15, 0.2) is 0 Å². The molecule has 1 aromatic rings. The Bertz CT molecular complexity index is 488. The Morgan fingerprint density at radius 3 is 2.35 bits per heavy atom. The monoisotopic (exact) mass is 291 g/mol. The van der Waals surface area contributed by atoms with Crippen LogP contribution >= 0.6 is 0 Å². The van der Waals surface area contributed by atoms with Gasteiger partial charge in [-0.3, -0.25) is 14.9 Å². The molecule has 0 atom stereocenters. The summed E-state index contributed by atoms with van der Waals surface area (Å²) in [5, 5.41) is 12.4. The Balaban J connectivity index is 2.58. The molecule has 0 radical (unpaired) electrons. The normalized spacial score (nSPS) is 11.2. The van der Waals surface area contributed by atoms with Crippen molar-refractivity contribution in [1.82, 2.24) is 5.32 Å². The highest BCUT2D eigenvalue weighted by molar-refractivity contribution is 5.94. The zero-order valence-corrected chi connectivity index (χ0v) is 10.5. The molecule has 1 rings (SSSR count). The molecule has 0 aliphatic rings. The Hall–Kier alpha value is -2.16. The number of halogens is 3. The number of hydrogen-bond donors (Lipinski definition) is 1. The average Bonchev–Trinajstić information content (AvgIpc) is 2.36. The molecule has 0 aliphatic carbocycles. The number of carbonyl (C=O) groups is 1. The highest BCUT2D eigenvalue weighted by Gasteiger charge is 2.26. The number of nitro groups is 1. The van der Waals surface area contributed by atoms with E-state index >= 15 is 0 Å². The van der Waals surface area contributed by atoms with Gasteiger partial charge in [-0.2, -0.15) is 13.2 Å². The van der Waals surface area contributed by atoms with Gasteiger partial charge in [0, 0.05) is 24.9 Å². The number of nitrogens with one attached hydrogen (secondary N) is 1. The molecule has 6 nitrogen and oxygen atoms in total. The van der Waals surface area contributed by atoms with Crippen LogP contribution in [0.2, 0.25) is 0 Å². The predicted octanol–water partition coefficient (Wildman–Crippen LogP) is 1.71. The minimum Gasteiger partial charge on any atom is -0.314 e. The van der Waals surface area contributed by atoms with E-state index < -0.39 is 30.1 Å². The third kappa shape index (κ3) is 4.84. The molecule has 0 bridgehead atoms. The standard InChI is InChI=1S/C11H12F3N3O3/c1-16(10(18)6-15-7-11(12,13)14)8-2-4-9(5-3-8)17(19)20/h2-5,15H,6-7H2,1H3. The SMILES string of the molecule is CN(C(=O)CNCC(F)(F)F)c1ccc([N+](=O)[O-])cc1. The molecule has 1 amide bonds. The Morgan fingerprint density at radius 2 is 1.90 bits per heavy atom. The summed E-state index contributed by atoms with van der Waals surface area (Å²) in [5.74, 6) is -0.580. The van der Waals surface area contributed by atoms with E-state index in [4.69, 9.17) is 0 Å². The molecule has 1 N–H and O–H groups in total. The highest BCUT2D eigenvalue weighted by atomic mass is 19.4. The van der Waals surface area contributed by atoms with E-state index in [-0.39, 0.29) is 5.69 Å². The highest BCUT2D eigenvalue weighted by Crippen LogP contribution is 2.18. The second-order valence-corrected chi connectivity index (χ2v) is 3.94. The summed E-state index contributed by atoms with van der Waals surface area (Å²) in [4.78, 5) is 22.6. The van der Waals surface area contributed by atoms with Gasteiger partial charge in [-0.15, -0.1) is 0 Å². The summed E-state index contributed by atoms with van der Waals surface area (Å²) in [6.45, 7) is -1.74. The van der Waals surface area contributed by atoms with Crippen LogP contribution in [0.25, 0.3) is 0 Å². The molecule has 1 aromatic carbocycles. The van der Waals surface area contributed by atoms with Gasteiger partial charge in [-0.05, 0) is 12.1 Å². The third-order valence-electron chi connectivity index (χ3n) is 2.42. The summed E-state index contributed by atoms with van der Waals surface area (Å²) in [7, 11) is 1.37. The van der Waals surface area contributed by atoms with Crippen molar-refractivity contribution in [1.29, 1.82) is 0 Å². The van der Waals surface area contributed by atoms with Gasteiger partial charge in [0.1, 0.15) is 0 Å². The van der Waals surface area contributed by atoms with Crippen LogP contribution in [0.5, 0.6) is 0 Å². The van der Waals surface area contributed by atoms with Gasteiger partial charge in [0.25, 0.3) is 5.69 Å². The van der Waals surface area contributed by atoms with E-state index in [0.717, 1.165) is 4.90 Å². The Labute approximate surface area is 112 Å². The minimum atomic E-state index is -4.38. The smallest absolute Gasteiger partial charge is 0.314 e. The molecular weight excluding hydrogens is 279 g/mol. The molecule has 0 unspecified atom stereocenters. The Morgan fingerprint density at radius 1 is 1.35 bits per heavy atom. The van der Waals surface area contributed by atoms with Crippen molar-refractivity contribution in [2.75, 3.05) is 25.0 Å². The molecule has 0 spiro atoms. The second-order valence-electron chi connectivity index (χ2n) is 3.94. The number of carbonyl (C=O) groups excluding carboxylic acids is 1. The molecule has 0 aromatic heterocycles. The summed E-state index contributed by atoms with van der Waals surface area (Å²) >= 11 is 0. The first kappa shape index (κ1) is 15.9. The lowest BCUT2D eigenvalue weighted by molar-refractivity contribution is -0.384. The number of amides is 1. The second kappa shape index (κ2) is 6.33. The van der Waals surface area contributed by atoms with Crippen LogP contribution in [0, 0.1) is 10.1 Å². The lowest BCUT2D eigenvalue weighted by Gasteiger charge is -2.17. The van der Waals surface area contributed by atoms with E-state index in [1.807, 2.05) is 5.32 Å². The van der Waals surface area contributed by atoms with Gasteiger partial charge in [-0.1, -0.05) is 0 Å². The van der Waals surface area contributed by atoms with Crippen LogP contribution in [0.3, 0.4) is 0 Å². The fraction of sp³-hybridized carbons (Fsp3) is 0.364. The number of nitrogens with zero attached hydrogens (tertiary/aromatic N) is 2. The zero-order chi connectivity index (χ0) is 15.3. The Kier molecular flexibility index (Phi) is 5.03. The van der Waals surface area contributed by atoms with Gasteiger partial charge < -0.3 is 10.2 Å². The van der Waals surface area contributed by atoms with Crippen molar-refractivity contribution in [3.05, 3.63) is 34.4 Å². The fourth-order valence-corrected chi connectivity index (χ4v) is 1.37. The van der Waals surface area contributed by atoms with Crippen LogP contribution in [0.4, 0.5) is 24.5 Å². The van der Waals surface area contributed by atoms with Gasteiger partial charge in [0.05, 0.1) is 18.0 Å². The van der Waals surface area contributed by atoms with Crippen molar-refractivity contribution in [3.8, 4) is 0 Å². The van der Waals surface area contributed by atoms with Gasteiger partial charge >= 0.3 is 6.18 Å². The first-order valence-electron chi connectivity index (χ1n) is 5.49. The first-order chi connectivity index (χ1) is 9.20. The number of rotatable bonds is 5. The molecule has 0 saturated heterocycles. The number of nitro benzene ring substituents is 1. The maximum atomic E-state index is 11.9. The number of anilines is 1. The summed E-state index contributed by atoms with van der Waals surface area (Å²) in [6.07, 6.45) is -4.38. The summed E-state index contributed by atoms with van der Waals surface area (Å²) < 4.78 is 35.7. The van der Waals surface area contributed by atoms with Crippen molar-refractivity contribution in [2.24, 2.45) is 0 Å². The quantitative estimate of drug-likeness (QED) is 0.662. The van der Waals surface area contributed by atoms with E-state index in [0.29, 0.717) is 5.69 Å². The van der Waals surface area contributed by atoms with Crippen LogP contribution in [0.1, 0.15) is 0 Å². The maximum absolute atomic E-state index is 11.9. The van der Waals surface area contributed by atoms with Gasteiger partial charge in [0.2, 0.25) is 5.91 Å². The molecule has 0 heterocycles. The van der Waals surface area contributed by atoms with Crippen molar-refractivity contribution in [2.45, 2.75) is 6.18 Å². The molecular formula is C11H12F3N3O3. The lowest BCUT2D eigenvalue weighted by atomic mass is 10.2. The molecule has 0 saturated carbocycles. The number of benzene rings is 1. The maximum Gasteiger partial charge on any atom is 0.401 e. The molecule has 0 fully saturated rings. The van der Waals surface area contributed by atoms with Gasteiger partial charge in [-0.25, -0.2) is 0 Å². The van der Waals surface area contributed by atoms with E-state index in [2.05, 4.69) is 0 Å². The summed E-state index contributed by atoms with van der Waals surface area (Å²) in [5.41, 5.74) is 0.221. The zero-order valence-electron chi connectivity index (χ0n) is 10.5. The van der Waals surface area contributed by atoms with Crippen LogP contribution < -0.4 is 10.2 Å². The molecule has 0 aliphatic heterocycles. The topological polar surface area (TPSA) is 75.5 Å². The van der Waals surface area contributed by atoms with Crippen molar-refractivity contribution >= 4 is 17.3 Å². The van der Waals surface area contributed by atoms with Crippen LogP contribution in [-0.4, -0.2) is 37.1 Å². The number of non-ortho nitro benzene ring substituents is 1. The molecule has 20 heavy (non-hydrogen) atoms. The largest absolute Gasteiger partial charge is 0.401 e. The van der Waals surface area contributed by atoms with Crippen molar-refractivity contribution < 1.29 is 22.9 Å². The van der Waals surface area contributed by atoms with E-state index in [1.165, 1.54) is 31.3 Å². The molecule has 9 heteroatoms. The average molecular weight is 291 g/mol. The first-order valence-corrected chi connectivity index (χ1v) is 5.49. The van der Waals surface area contributed by atoms with E-state index in [1.54, 1.807) is 0 Å². The number of likely N-dealkylation sites (N-methyl/N-ethyl adjacent to an activating group) is 1. The number of alkyl halides is 3.